The molecule has 13 heavy (non-hydrogen) atoms. The summed E-state index contributed by atoms with van der Waals surface area (Å²) in [5.74, 6) is -0.915. The molecule has 70 valence electrons. The van der Waals surface area contributed by atoms with E-state index in [1.165, 1.54) is 6.07 Å². The molecule has 6 nitrogen and oxygen atoms in total. The number of nitrogens with one attached hydrogen (secondary N) is 2. The number of rotatable bonds is 3. The number of hydrogen-bond acceptors (Lipinski definition) is 4. The van der Waals surface area contributed by atoms with E-state index in [-0.39, 0.29) is 5.56 Å². The van der Waals surface area contributed by atoms with Crippen LogP contribution in [0.5, 0.6) is 0 Å². The maximum Gasteiger partial charge on any atom is 0.341 e. The van der Waals surface area contributed by atoms with Gasteiger partial charge in [-0.3, -0.25) is 4.79 Å². The molecule has 1 aromatic heterocycles. The molecule has 0 atom stereocenters. The van der Waals surface area contributed by atoms with Gasteiger partial charge in [-0.05, 0) is 6.92 Å². The number of aromatic nitrogens is 2. The molecule has 0 aliphatic rings. The minimum absolute atomic E-state index is 0.314. The van der Waals surface area contributed by atoms with Crippen molar-refractivity contribution in [3.05, 3.63) is 22.0 Å². The van der Waals surface area contributed by atoms with Gasteiger partial charge in [0.25, 0.3) is 5.56 Å². The summed E-state index contributed by atoms with van der Waals surface area (Å²) in [6.45, 7) is 2.45. The summed E-state index contributed by atoms with van der Waals surface area (Å²) >= 11 is 0. The maximum absolute atomic E-state index is 10.9. The van der Waals surface area contributed by atoms with Gasteiger partial charge in [0.05, 0.1) is 0 Å². The second kappa shape index (κ2) is 3.70. The molecule has 1 heterocycles. The van der Waals surface area contributed by atoms with E-state index in [2.05, 4.69) is 15.5 Å². The van der Waals surface area contributed by atoms with Gasteiger partial charge in [-0.1, -0.05) is 0 Å². The van der Waals surface area contributed by atoms with Crippen LogP contribution in [0.15, 0.2) is 10.9 Å². The Kier molecular flexibility index (Phi) is 2.63. The molecule has 0 unspecified atom stereocenters. The van der Waals surface area contributed by atoms with Crippen LogP contribution in [-0.4, -0.2) is 27.8 Å². The molecule has 0 saturated carbocycles. The van der Waals surface area contributed by atoms with Crippen LogP contribution in [0.25, 0.3) is 0 Å². The van der Waals surface area contributed by atoms with E-state index >= 15 is 0 Å². The Morgan fingerprint density at radius 3 is 3.00 bits per heavy atom. The molecule has 1 aromatic rings. The fourth-order valence-corrected chi connectivity index (χ4v) is 0.836. The Labute approximate surface area is 73.6 Å². The molecule has 0 spiro atoms. The van der Waals surface area contributed by atoms with Crippen molar-refractivity contribution in [1.82, 2.24) is 10.2 Å². The smallest absolute Gasteiger partial charge is 0.341 e. The predicted molar refractivity (Wildman–Crippen MR) is 46.0 cm³/mol. The first-order valence-electron chi connectivity index (χ1n) is 3.72. The number of nitrogens with zero attached hydrogens (tertiary/aromatic N) is 1. The van der Waals surface area contributed by atoms with Crippen LogP contribution in [0.1, 0.15) is 17.3 Å². The van der Waals surface area contributed by atoms with Crippen molar-refractivity contribution >= 4 is 11.8 Å². The van der Waals surface area contributed by atoms with Crippen molar-refractivity contribution in [2.45, 2.75) is 6.92 Å². The van der Waals surface area contributed by atoms with Crippen molar-refractivity contribution in [2.75, 3.05) is 11.9 Å². The van der Waals surface area contributed by atoms with Gasteiger partial charge in [0, 0.05) is 12.6 Å². The van der Waals surface area contributed by atoms with Crippen molar-refractivity contribution in [3.8, 4) is 0 Å². The van der Waals surface area contributed by atoms with Gasteiger partial charge in [-0.2, -0.15) is 5.10 Å². The highest BCUT2D eigenvalue weighted by molar-refractivity contribution is 5.87. The van der Waals surface area contributed by atoms with E-state index < -0.39 is 11.5 Å². The van der Waals surface area contributed by atoms with Gasteiger partial charge in [-0.15, -0.1) is 0 Å². The van der Waals surface area contributed by atoms with Gasteiger partial charge < -0.3 is 10.4 Å². The molecule has 6 heteroatoms. The van der Waals surface area contributed by atoms with Gasteiger partial charge in [0.1, 0.15) is 11.4 Å². The van der Waals surface area contributed by atoms with Gasteiger partial charge >= 0.3 is 5.97 Å². The fourth-order valence-electron chi connectivity index (χ4n) is 0.836. The lowest BCUT2D eigenvalue weighted by atomic mass is 10.3. The predicted octanol–water partition coefficient (Wildman–Crippen LogP) is -0.100. The number of H-pyrrole nitrogens is 1. The first-order chi connectivity index (χ1) is 6.15. The number of aromatic carboxylic acids is 1. The van der Waals surface area contributed by atoms with Crippen LogP contribution in [0, 0.1) is 0 Å². The first-order valence-corrected chi connectivity index (χ1v) is 3.72. The van der Waals surface area contributed by atoms with E-state index in [9.17, 15) is 9.59 Å². The van der Waals surface area contributed by atoms with Crippen molar-refractivity contribution in [1.29, 1.82) is 0 Å². The van der Waals surface area contributed by atoms with Crippen LogP contribution in [0.2, 0.25) is 0 Å². The third-order valence-corrected chi connectivity index (χ3v) is 1.39. The molecule has 0 saturated heterocycles. The summed E-state index contributed by atoms with van der Waals surface area (Å²) < 4.78 is 0. The Morgan fingerprint density at radius 2 is 2.46 bits per heavy atom. The Morgan fingerprint density at radius 1 is 1.77 bits per heavy atom. The highest BCUT2D eigenvalue weighted by atomic mass is 16.4. The topological polar surface area (TPSA) is 95.1 Å². The SMILES string of the molecule is CCNc1cc(C(=O)O)c(=O)[nH]n1. The normalized spacial score (nSPS) is 9.62. The van der Waals surface area contributed by atoms with E-state index in [0.29, 0.717) is 12.4 Å². The van der Waals surface area contributed by atoms with E-state index in [0.717, 1.165) is 0 Å². The van der Waals surface area contributed by atoms with Gasteiger partial charge in [0.15, 0.2) is 0 Å². The molecule has 0 aliphatic carbocycles. The second-order valence-corrected chi connectivity index (χ2v) is 2.33. The lowest BCUT2D eigenvalue weighted by Crippen LogP contribution is -2.19. The molecule has 0 bridgehead atoms. The zero-order valence-corrected chi connectivity index (χ0v) is 7.00. The summed E-state index contributed by atoms with van der Waals surface area (Å²) in [6, 6.07) is 1.20. The summed E-state index contributed by atoms with van der Waals surface area (Å²) in [7, 11) is 0. The number of aromatic amines is 1. The zero-order chi connectivity index (χ0) is 9.84. The van der Waals surface area contributed by atoms with E-state index in [4.69, 9.17) is 5.11 Å². The van der Waals surface area contributed by atoms with Crippen LogP contribution < -0.4 is 10.9 Å². The van der Waals surface area contributed by atoms with Crippen LogP contribution in [0.4, 0.5) is 5.82 Å². The Bertz CT molecular complexity index is 371. The minimum atomic E-state index is -1.26. The minimum Gasteiger partial charge on any atom is -0.477 e. The standard InChI is InChI=1S/C7H9N3O3/c1-2-8-5-3-4(7(12)13)6(11)10-9-5/h3H,2H2,1H3,(H,8,9)(H,10,11)(H,12,13). The molecule has 0 fully saturated rings. The quantitative estimate of drug-likeness (QED) is 0.608. The lowest BCUT2D eigenvalue weighted by Gasteiger charge is -2.00. The summed E-state index contributed by atoms with van der Waals surface area (Å²) in [5.41, 5.74) is -1.01. The van der Waals surface area contributed by atoms with Crippen molar-refractivity contribution in [2.24, 2.45) is 0 Å². The average Bonchev–Trinajstić information content (AvgIpc) is 2.08. The third kappa shape index (κ3) is 2.05. The van der Waals surface area contributed by atoms with E-state index in [1.807, 2.05) is 6.92 Å². The third-order valence-electron chi connectivity index (χ3n) is 1.39. The second-order valence-electron chi connectivity index (χ2n) is 2.33. The zero-order valence-electron chi connectivity index (χ0n) is 7.00. The molecule has 0 amide bonds. The van der Waals surface area contributed by atoms with Crippen LogP contribution in [0.3, 0.4) is 0 Å². The van der Waals surface area contributed by atoms with Crippen molar-refractivity contribution in [3.63, 3.8) is 0 Å². The monoisotopic (exact) mass is 183 g/mol. The molecule has 0 radical (unpaired) electrons. The van der Waals surface area contributed by atoms with Crippen LogP contribution in [-0.2, 0) is 0 Å². The Balaban J connectivity index is 3.11. The number of anilines is 1. The molecular formula is C7H9N3O3. The number of carbonyl (C=O) groups is 1. The number of carboxylic acid groups (broad SMARTS) is 1. The first kappa shape index (κ1) is 9.24. The molecule has 0 aliphatic heterocycles. The summed E-state index contributed by atoms with van der Waals surface area (Å²) in [6.07, 6.45) is 0. The number of carboxylic acids is 1. The summed E-state index contributed by atoms with van der Waals surface area (Å²) in [5, 5.41) is 17.1. The van der Waals surface area contributed by atoms with E-state index in [1.54, 1.807) is 0 Å². The lowest BCUT2D eigenvalue weighted by molar-refractivity contribution is 0.0694. The average molecular weight is 183 g/mol. The number of hydrogen-bond donors (Lipinski definition) is 3. The molecule has 3 N–H and O–H groups in total. The summed E-state index contributed by atoms with van der Waals surface area (Å²) in [4.78, 5) is 21.4. The van der Waals surface area contributed by atoms with Crippen molar-refractivity contribution < 1.29 is 9.90 Å². The molecule has 0 aromatic carbocycles. The fraction of sp³-hybridized carbons (Fsp3) is 0.286. The maximum atomic E-state index is 10.9. The highest BCUT2D eigenvalue weighted by Crippen LogP contribution is 2.00. The van der Waals surface area contributed by atoms with Gasteiger partial charge in [-0.25, -0.2) is 9.89 Å². The Hall–Kier alpha value is -1.85. The molecular weight excluding hydrogens is 174 g/mol. The van der Waals surface area contributed by atoms with Gasteiger partial charge in [0.2, 0.25) is 0 Å². The molecule has 1 rings (SSSR count). The highest BCUT2D eigenvalue weighted by Gasteiger charge is 2.09. The van der Waals surface area contributed by atoms with Crippen LogP contribution >= 0.6 is 0 Å². The largest absolute Gasteiger partial charge is 0.477 e.